The molecule has 0 bridgehead atoms. The van der Waals surface area contributed by atoms with E-state index < -0.39 is 6.03 Å². The van der Waals surface area contributed by atoms with Crippen molar-refractivity contribution in [1.29, 1.82) is 5.26 Å². The number of piperidine rings is 1. The number of likely N-dealkylation sites (tertiary alicyclic amines) is 1. The Morgan fingerprint density at radius 1 is 1.44 bits per heavy atom. The third-order valence-electron chi connectivity index (χ3n) is 5.03. The number of nitrogens with two attached hydrogens (primary N) is 1. The number of amides is 2. The van der Waals surface area contributed by atoms with Gasteiger partial charge in [0.2, 0.25) is 5.91 Å². The Kier molecular flexibility index (Phi) is 6.23. The molecule has 0 spiro atoms. The Labute approximate surface area is 163 Å². The molecule has 1 aliphatic rings. The fraction of sp³-hybridized carbons (Fsp3) is 0.471. The van der Waals surface area contributed by atoms with Crippen molar-refractivity contribution < 1.29 is 9.59 Å². The SMILES string of the molecule is C[C@@H]1CCN(C(=O)CC#N)C[C@@H]1N(C)c1ncnc2c1ccn2C(N)=O.Cl. The van der Waals surface area contributed by atoms with Crippen molar-refractivity contribution in [2.24, 2.45) is 11.7 Å². The van der Waals surface area contributed by atoms with Gasteiger partial charge in [-0.25, -0.2) is 14.8 Å². The van der Waals surface area contributed by atoms with E-state index in [0.29, 0.717) is 30.5 Å². The highest BCUT2D eigenvalue weighted by atomic mass is 35.5. The predicted molar refractivity (Wildman–Crippen MR) is 103 cm³/mol. The molecule has 10 heteroatoms. The lowest BCUT2D eigenvalue weighted by atomic mass is 9.92. The van der Waals surface area contributed by atoms with Crippen molar-refractivity contribution in [1.82, 2.24) is 19.4 Å². The van der Waals surface area contributed by atoms with Crippen molar-refractivity contribution in [2.45, 2.75) is 25.8 Å². The second-order valence-electron chi connectivity index (χ2n) is 6.58. The fourth-order valence-electron chi connectivity index (χ4n) is 3.51. The molecule has 2 N–H and O–H groups in total. The molecule has 144 valence electrons. The van der Waals surface area contributed by atoms with Crippen LogP contribution in [0.1, 0.15) is 19.8 Å². The standard InChI is InChI=1S/C17H21N7O2.ClH/c1-11-4-7-23(14(25)3-6-18)9-13(11)22(2)15-12-5-8-24(17(19)26)16(12)21-10-20-15;/h5,8,10-11,13H,3-4,7,9H2,1-2H3,(H2,19,26);1H/t11-,13+;/m1./s1. The molecule has 1 fully saturated rings. The fourth-order valence-corrected chi connectivity index (χ4v) is 3.51. The Balaban J connectivity index is 0.00000261. The maximum absolute atomic E-state index is 12.1. The summed E-state index contributed by atoms with van der Waals surface area (Å²) in [6, 6.07) is 3.12. The zero-order chi connectivity index (χ0) is 18.8. The number of carbonyl (C=O) groups excluding carboxylic acids is 2. The van der Waals surface area contributed by atoms with E-state index in [9.17, 15) is 9.59 Å². The first kappa shape index (κ1) is 20.5. The second kappa shape index (κ2) is 8.22. The van der Waals surface area contributed by atoms with Gasteiger partial charge in [-0.2, -0.15) is 5.26 Å². The Hall–Kier alpha value is -2.86. The summed E-state index contributed by atoms with van der Waals surface area (Å²) in [6.07, 6.45) is 3.72. The molecular formula is C17H22ClN7O2. The number of aromatic nitrogens is 3. The first-order chi connectivity index (χ1) is 12.4. The van der Waals surface area contributed by atoms with Gasteiger partial charge in [0.05, 0.1) is 17.5 Å². The van der Waals surface area contributed by atoms with Gasteiger partial charge >= 0.3 is 6.03 Å². The number of nitriles is 1. The van der Waals surface area contributed by atoms with Crippen molar-refractivity contribution >= 4 is 41.2 Å². The Bertz CT molecular complexity index is 891. The number of primary amides is 1. The Morgan fingerprint density at radius 3 is 2.85 bits per heavy atom. The molecular weight excluding hydrogens is 370 g/mol. The average Bonchev–Trinajstić information content (AvgIpc) is 3.06. The molecule has 2 amide bonds. The molecule has 2 aromatic heterocycles. The topological polar surface area (TPSA) is 121 Å². The summed E-state index contributed by atoms with van der Waals surface area (Å²) >= 11 is 0. The second-order valence-corrected chi connectivity index (χ2v) is 6.58. The van der Waals surface area contributed by atoms with Crippen LogP contribution in [0.15, 0.2) is 18.6 Å². The lowest BCUT2D eigenvalue weighted by Gasteiger charge is -2.42. The smallest absolute Gasteiger partial charge is 0.324 e. The molecule has 27 heavy (non-hydrogen) atoms. The summed E-state index contributed by atoms with van der Waals surface area (Å²) in [4.78, 5) is 35.9. The number of hydrogen-bond donors (Lipinski definition) is 1. The van der Waals surface area contributed by atoms with E-state index in [2.05, 4.69) is 16.9 Å². The molecule has 3 heterocycles. The van der Waals surface area contributed by atoms with Crippen LogP contribution in [0.2, 0.25) is 0 Å². The van der Waals surface area contributed by atoms with Crippen molar-refractivity contribution in [2.75, 3.05) is 25.0 Å². The molecule has 0 aromatic carbocycles. The van der Waals surface area contributed by atoms with Crippen LogP contribution in [0.5, 0.6) is 0 Å². The number of halogens is 1. The minimum absolute atomic E-state index is 0. The van der Waals surface area contributed by atoms with Crippen LogP contribution < -0.4 is 10.6 Å². The van der Waals surface area contributed by atoms with Gasteiger partial charge < -0.3 is 15.5 Å². The van der Waals surface area contributed by atoms with E-state index in [1.165, 1.54) is 10.9 Å². The third kappa shape index (κ3) is 3.80. The monoisotopic (exact) mass is 391 g/mol. The Morgan fingerprint density at radius 2 is 2.19 bits per heavy atom. The maximum Gasteiger partial charge on any atom is 0.324 e. The predicted octanol–water partition coefficient (Wildman–Crippen LogP) is 1.37. The van der Waals surface area contributed by atoms with Gasteiger partial charge in [0.1, 0.15) is 18.6 Å². The first-order valence-corrected chi connectivity index (χ1v) is 8.43. The quantitative estimate of drug-likeness (QED) is 0.843. The molecule has 1 saturated heterocycles. The first-order valence-electron chi connectivity index (χ1n) is 8.43. The molecule has 9 nitrogen and oxygen atoms in total. The van der Waals surface area contributed by atoms with E-state index in [1.54, 1.807) is 17.2 Å². The van der Waals surface area contributed by atoms with Gasteiger partial charge in [-0.1, -0.05) is 6.92 Å². The highest BCUT2D eigenvalue weighted by Crippen LogP contribution is 2.29. The van der Waals surface area contributed by atoms with Gasteiger partial charge in [0.15, 0.2) is 5.65 Å². The van der Waals surface area contributed by atoms with E-state index in [0.717, 1.165) is 11.8 Å². The van der Waals surface area contributed by atoms with Crippen molar-refractivity contribution in [3.63, 3.8) is 0 Å². The third-order valence-corrected chi connectivity index (χ3v) is 5.03. The zero-order valence-electron chi connectivity index (χ0n) is 15.2. The number of fused-ring (bicyclic) bond motifs is 1. The van der Waals surface area contributed by atoms with E-state index in [1.807, 2.05) is 18.0 Å². The number of likely N-dealkylation sites (N-methyl/N-ethyl adjacent to an activating group) is 1. The van der Waals surface area contributed by atoms with Crippen molar-refractivity contribution in [3.8, 4) is 6.07 Å². The molecule has 0 unspecified atom stereocenters. The summed E-state index contributed by atoms with van der Waals surface area (Å²) in [5, 5.41) is 9.50. The lowest BCUT2D eigenvalue weighted by Crippen LogP contribution is -2.52. The summed E-state index contributed by atoms with van der Waals surface area (Å²) in [6.45, 7) is 3.32. The number of nitrogens with zero attached hydrogens (tertiary/aromatic N) is 6. The molecule has 3 rings (SSSR count). The molecule has 2 atom stereocenters. The van der Waals surface area contributed by atoms with Crippen LogP contribution in [-0.4, -0.2) is 57.6 Å². The van der Waals surface area contributed by atoms with Crippen LogP contribution in [0.25, 0.3) is 11.0 Å². The molecule has 0 radical (unpaired) electrons. The minimum atomic E-state index is -0.605. The van der Waals surface area contributed by atoms with Crippen LogP contribution in [0.3, 0.4) is 0 Å². The van der Waals surface area contributed by atoms with Crippen LogP contribution in [0.4, 0.5) is 10.6 Å². The highest BCUT2D eigenvalue weighted by Gasteiger charge is 2.32. The van der Waals surface area contributed by atoms with E-state index in [4.69, 9.17) is 11.0 Å². The highest BCUT2D eigenvalue weighted by molar-refractivity contribution is 5.94. The summed E-state index contributed by atoms with van der Waals surface area (Å²) in [7, 11) is 1.92. The van der Waals surface area contributed by atoms with E-state index >= 15 is 0 Å². The summed E-state index contributed by atoms with van der Waals surface area (Å²) in [5.74, 6) is 0.876. The largest absolute Gasteiger partial charge is 0.354 e. The summed E-state index contributed by atoms with van der Waals surface area (Å²) < 4.78 is 1.28. The van der Waals surface area contributed by atoms with Gasteiger partial charge in [-0.15, -0.1) is 12.4 Å². The molecule has 2 aromatic rings. The van der Waals surface area contributed by atoms with Gasteiger partial charge in [-0.05, 0) is 18.4 Å². The number of carbonyl (C=O) groups is 2. The van der Waals surface area contributed by atoms with Gasteiger partial charge in [0.25, 0.3) is 0 Å². The maximum atomic E-state index is 12.1. The zero-order valence-corrected chi connectivity index (χ0v) is 16.0. The van der Waals surface area contributed by atoms with Gasteiger partial charge in [0, 0.05) is 26.3 Å². The molecule has 0 aliphatic carbocycles. The lowest BCUT2D eigenvalue weighted by molar-refractivity contribution is -0.131. The number of hydrogen-bond acceptors (Lipinski definition) is 6. The van der Waals surface area contributed by atoms with Crippen molar-refractivity contribution in [3.05, 3.63) is 18.6 Å². The van der Waals surface area contributed by atoms with Gasteiger partial charge in [-0.3, -0.25) is 9.36 Å². The van der Waals surface area contributed by atoms with E-state index in [-0.39, 0.29) is 30.8 Å². The minimum Gasteiger partial charge on any atom is -0.354 e. The molecule has 1 aliphatic heterocycles. The van der Waals surface area contributed by atoms with Crippen LogP contribution >= 0.6 is 12.4 Å². The number of rotatable bonds is 3. The normalized spacial score (nSPS) is 19.2. The molecule has 0 saturated carbocycles. The van der Waals surface area contributed by atoms with Crippen LogP contribution in [-0.2, 0) is 4.79 Å². The number of anilines is 1. The van der Waals surface area contributed by atoms with Crippen LogP contribution in [0, 0.1) is 17.2 Å². The summed E-state index contributed by atoms with van der Waals surface area (Å²) in [5.41, 5.74) is 5.83. The average molecular weight is 392 g/mol.